The highest BCUT2D eigenvalue weighted by Gasteiger charge is 2.25. The van der Waals surface area contributed by atoms with Gasteiger partial charge in [0.25, 0.3) is 0 Å². The molecule has 0 aliphatic carbocycles. The van der Waals surface area contributed by atoms with Crippen molar-refractivity contribution < 1.29 is 9.47 Å². The molecule has 0 fully saturated rings. The van der Waals surface area contributed by atoms with Gasteiger partial charge >= 0.3 is 0 Å². The van der Waals surface area contributed by atoms with Crippen LogP contribution in [0, 0.1) is 0 Å². The van der Waals surface area contributed by atoms with Gasteiger partial charge < -0.3 is 9.47 Å². The lowest BCUT2D eigenvalue weighted by atomic mass is 9.93. The Hall–Kier alpha value is -1.94. The second-order valence-electron chi connectivity index (χ2n) is 7.91. The Morgan fingerprint density at radius 2 is 1.81 bits per heavy atom. The van der Waals surface area contributed by atoms with Crippen molar-refractivity contribution in [2.75, 3.05) is 6.61 Å². The summed E-state index contributed by atoms with van der Waals surface area (Å²) in [4.78, 5) is 9.61. The normalized spacial score (nSPS) is 20.2. The third-order valence-electron chi connectivity index (χ3n) is 5.53. The molecular weight excluding hydrogens is 324 g/mol. The van der Waals surface area contributed by atoms with E-state index in [1.165, 1.54) is 11.1 Å². The first-order valence-corrected chi connectivity index (χ1v) is 9.83. The Bertz CT molecular complexity index is 788. The molecule has 2 aromatic rings. The van der Waals surface area contributed by atoms with E-state index in [9.17, 15) is 0 Å². The van der Waals surface area contributed by atoms with E-state index in [1.54, 1.807) is 0 Å². The number of nitrogens with zero attached hydrogens (tertiary/aromatic N) is 2. The van der Waals surface area contributed by atoms with Crippen LogP contribution in [0.15, 0.2) is 24.3 Å². The smallest absolute Gasteiger partial charge is 0.217 e. The largest absolute Gasteiger partial charge is 0.474 e. The van der Waals surface area contributed by atoms with E-state index in [2.05, 4.69) is 45.0 Å². The first-order chi connectivity index (χ1) is 12.6. The van der Waals surface area contributed by atoms with Crippen LogP contribution in [-0.4, -0.2) is 22.7 Å². The summed E-state index contributed by atoms with van der Waals surface area (Å²) in [7, 11) is 0. The van der Waals surface area contributed by atoms with Crippen LogP contribution in [0.25, 0.3) is 0 Å². The minimum atomic E-state index is 0.210. The number of fused-ring (bicyclic) bond motifs is 2. The maximum absolute atomic E-state index is 6.26. The molecule has 0 spiro atoms. The molecule has 2 aliphatic heterocycles. The van der Waals surface area contributed by atoms with E-state index in [4.69, 9.17) is 19.4 Å². The summed E-state index contributed by atoms with van der Waals surface area (Å²) in [5.41, 5.74) is 5.93. The van der Waals surface area contributed by atoms with Gasteiger partial charge in [-0.3, -0.25) is 4.98 Å². The van der Waals surface area contributed by atoms with Crippen LogP contribution < -0.4 is 4.74 Å². The number of hydrogen-bond acceptors (Lipinski definition) is 4. The molecule has 26 heavy (non-hydrogen) atoms. The van der Waals surface area contributed by atoms with Crippen LogP contribution in [0.2, 0.25) is 0 Å². The molecule has 0 N–H and O–H groups in total. The van der Waals surface area contributed by atoms with E-state index in [0.29, 0.717) is 18.4 Å². The first kappa shape index (κ1) is 17.5. The molecule has 2 atom stereocenters. The average molecular weight is 352 g/mol. The summed E-state index contributed by atoms with van der Waals surface area (Å²) in [6.07, 6.45) is 4.25. The lowest BCUT2D eigenvalue weighted by Gasteiger charge is -2.28. The minimum absolute atomic E-state index is 0.210. The Morgan fingerprint density at radius 1 is 1.00 bits per heavy atom. The predicted molar refractivity (Wildman–Crippen MR) is 102 cm³/mol. The van der Waals surface area contributed by atoms with Gasteiger partial charge in [-0.2, -0.15) is 0 Å². The molecule has 0 amide bonds. The van der Waals surface area contributed by atoms with Gasteiger partial charge in [0.2, 0.25) is 5.88 Å². The summed E-state index contributed by atoms with van der Waals surface area (Å²) in [6.45, 7) is 8.04. The van der Waals surface area contributed by atoms with Gasteiger partial charge in [-0.05, 0) is 49.3 Å². The maximum Gasteiger partial charge on any atom is 0.217 e. The van der Waals surface area contributed by atoms with Crippen LogP contribution in [0.5, 0.6) is 5.88 Å². The van der Waals surface area contributed by atoms with Gasteiger partial charge in [0.1, 0.15) is 6.10 Å². The van der Waals surface area contributed by atoms with Crippen LogP contribution in [0.3, 0.4) is 0 Å². The zero-order valence-electron chi connectivity index (χ0n) is 16.0. The number of ether oxygens (including phenoxy) is 2. The number of aromatic nitrogens is 2. The molecule has 4 heteroatoms. The lowest BCUT2D eigenvalue weighted by molar-refractivity contribution is 0.107. The van der Waals surface area contributed by atoms with Gasteiger partial charge in [0.05, 0.1) is 18.9 Å². The minimum Gasteiger partial charge on any atom is -0.474 e. The predicted octanol–water partition coefficient (Wildman–Crippen LogP) is 4.56. The standard InChI is InChI=1S/C22H28N2O2/c1-14(2)19-8-6-17-4-7-18(26-22(17)24-19)12-15(3)20-9-5-16-10-11-25-13-21(16)23-20/h5-6,8-9,14-15,18H,4,7,10-13H2,1-3H3. The van der Waals surface area contributed by atoms with Crippen LogP contribution in [0.1, 0.15) is 73.7 Å². The number of pyridine rings is 2. The maximum atomic E-state index is 6.26. The molecule has 4 rings (SSSR count). The van der Waals surface area contributed by atoms with E-state index < -0.39 is 0 Å². The molecule has 4 nitrogen and oxygen atoms in total. The first-order valence-electron chi connectivity index (χ1n) is 9.83. The fraction of sp³-hybridized carbons (Fsp3) is 0.545. The molecular formula is C22H28N2O2. The summed E-state index contributed by atoms with van der Waals surface area (Å²) in [5, 5.41) is 0. The topological polar surface area (TPSA) is 44.2 Å². The van der Waals surface area contributed by atoms with E-state index in [1.807, 2.05) is 0 Å². The van der Waals surface area contributed by atoms with Crippen molar-refractivity contribution in [1.29, 1.82) is 0 Å². The highest BCUT2D eigenvalue weighted by molar-refractivity contribution is 5.31. The van der Waals surface area contributed by atoms with Gasteiger partial charge in [-0.25, -0.2) is 4.98 Å². The van der Waals surface area contributed by atoms with Crippen LogP contribution in [-0.2, 0) is 24.2 Å². The molecule has 4 heterocycles. The van der Waals surface area contributed by atoms with E-state index >= 15 is 0 Å². The van der Waals surface area contributed by atoms with Crippen molar-refractivity contribution in [1.82, 2.24) is 9.97 Å². The van der Waals surface area contributed by atoms with Gasteiger partial charge in [0, 0.05) is 22.9 Å². The van der Waals surface area contributed by atoms with Gasteiger partial charge in [-0.15, -0.1) is 0 Å². The highest BCUT2D eigenvalue weighted by Crippen LogP contribution is 2.32. The van der Waals surface area contributed by atoms with Gasteiger partial charge in [-0.1, -0.05) is 32.9 Å². The Balaban J connectivity index is 1.45. The molecule has 2 aromatic heterocycles. The van der Waals surface area contributed by atoms with E-state index in [-0.39, 0.29) is 6.10 Å². The van der Waals surface area contributed by atoms with Crippen molar-refractivity contribution in [2.24, 2.45) is 0 Å². The van der Waals surface area contributed by atoms with Crippen LogP contribution in [0.4, 0.5) is 0 Å². The third kappa shape index (κ3) is 3.61. The zero-order chi connectivity index (χ0) is 18.1. The monoisotopic (exact) mass is 352 g/mol. The molecule has 0 radical (unpaired) electrons. The highest BCUT2D eigenvalue weighted by atomic mass is 16.5. The molecule has 2 unspecified atom stereocenters. The molecule has 0 saturated carbocycles. The zero-order valence-corrected chi connectivity index (χ0v) is 16.0. The fourth-order valence-electron chi connectivity index (χ4n) is 3.84. The SMILES string of the molecule is CC(C)c1ccc2c(n1)OC(CC(C)c1ccc3c(n1)COCC3)CC2. The average Bonchev–Trinajstić information content (AvgIpc) is 2.67. The Morgan fingerprint density at radius 3 is 2.65 bits per heavy atom. The Labute approximate surface area is 156 Å². The summed E-state index contributed by atoms with van der Waals surface area (Å²) in [6, 6.07) is 8.72. The molecule has 0 saturated heterocycles. The fourth-order valence-corrected chi connectivity index (χ4v) is 3.84. The summed E-state index contributed by atoms with van der Waals surface area (Å²) >= 11 is 0. The van der Waals surface area contributed by atoms with Crippen LogP contribution >= 0.6 is 0 Å². The number of rotatable bonds is 4. The second-order valence-corrected chi connectivity index (χ2v) is 7.91. The van der Waals surface area contributed by atoms with Crippen molar-refractivity contribution in [2.45, 2.75) is 71.0 Å². The van der Waals surface area contributed by atoms with E-state index in [0.717, 1.165) is 55.3 Å². The second kappa shape index (κ2) is 7.36. The lowest BCUT2D eigenvalue weighted by Crippen LogP contribution is -2.26. The quantitative estimate of drug-likeness (QED) is 0.809. The van der Waals surface area contributed by atoms with Crippen molar-refractivity contribution >= 4 is 0 Å². The number of aryl methyl sites for hydroxylation is 1. The van der Waals surface area contributed by atoms with Crippen molar-refractivity contribution in [3.05, 3.63) is 52.5 Å². The summed E-state index contributed by atoms with van der Waals surface area (Å²) in [5.74, 6) is 1.62. The number of hydrogen-bond donors (Lipinski definition) is 0. The molecule has 0 bridgehead atoms. The van der Waals surface area contributed by atoms with Gasteiger partial charge in [0.15, 0.2) is 0 Å². The van der Waals surface area contributed by atoms with Crippen molar-refractivity contribution in [3.63, 3.8) is 0 Å². The van der Waals surface area contributed by atoms with Crippen molar-refractivity contribution in [3.8, 4) is 5.88 Å². The molecule has 138 valence electrons. The molecule has 0 aromatic carbocycles. The Kier molecular flexibility index (Phi) is 4.94. The molecule has 2 aliphatic rings. The third-order valence-corrected chi connectivity index (χ3v) is 5.53. The summed E-state index contributed by atoms with van der Waals surface area (Å²) < 4.78 is 11.8.